The molecule has 25 heavy (non-hydrogen) atoms. The van der Waals surface area contributed by atoms with Crippen molar-refractivity contribution in [2.24, 2.45) is 5.92 Å². The second-order valence-electron chi connectivity index (χ2n) is 6.93. The Labute approximate surface area is 143 Å². The zero-order valence-corrected chi connectivity index (χ0v) is 14.2. The number of aldehydes is 1. The van der Waals surface area contributed by atoms with Crippen LogP contribution in [0.15, 0.2) is 18.2 Å². The summed E-state index contributed by atoms with van der Waals surface area (Å²) in [6.07, 6.45) is -4.88. The highest BCUT2D eigenvalue weighted by atomic mass is 19.4. The number of rotatable bonds is 4. The molecule has 5 nitrogen and oxygen atoms in total. The smallest absolute Gasteiger partial charge is 0.417 e. The van der Waals surface area contributed by atoms with E-state index in [-0.39, 0.29) is 24.6 Å². The standard InChI is InChI=1S/C17H20F3NO4/c1-16(2,3)25-15(23)21-7-11(8-21)10-24-13-5-4-12(9-22)14(6-13)17(18,19)20/h4-6,9,11H,7-8,10H2,1-3H3. The molecule has 0 saturated carbocycles. The summed E-state index contributed by atoms with van der Waals surface area (Å²) >= 11 is 0. The van der Waals surface area contributed by atoms with Gasteiger partial charge in [-0.25, -0.2) is 4.79 Å². The first-order chi connectivity index (χ1) is 11.5. The number of hydrogen-bond donors (Lipinski definition) is 0. The molecule has 0 N–H and O–H groups in total. The zero-order chi connectivity index (χ0) is 18.8. The van der Waals surface area contributed by atoms with E-state index in [0.29, 0.717) is 13.1 Å². The summed E-state index contributed by atoms with van der Waals surface area (Å²) < 4.78 is 49.3. The number of amides is 1. The molecule has 1 aliphatic rings. The highest BCUT2D eigenvalue weighted by molar-refractivity contribution is 5.78. The van der Waals surface area contributed by atoms with Crippen molar-refractivity contribution in [1.29, 1.82) is 0 Å². The summed E-state index contributed by atoms with van der Waals surface area (Å²) in [6, 6.07) is 3.22. The largest absolute Gasteiger partial charge is 0.493 e. The van der Waals surface area contributed by atoms with Gasteiger partial charge in [0, 0.05) is 24.6 Å². The van der Waals surface area contributed by atoms with Gasteiger partial charge in [0.05, 0.1) is 12.2 Å². The molecule has 1 aromatic rings. The van der Waals surface area contributed by atoms with Gasteiger partial charge in [-0.15, -0.1) is 0 Å². The van der Waals surface area contributed by atoms with Crippen LogP contribution in [0.5, 0.6) is 5.75 Å². The van der Waals surface area contributed by atoms with Crippen molar-refractivity contribution in [3.63, 3.8) is 0 Å². The van der Waals surface area contributed by atoms with Gasteiger partial charge in [0.2, 0.25) is 0 Å². The van der Waals surface area contributed by atoms with Crippen LogP contribution < -0.4 is 4.74 Å². The van der Waals surface area contributed by atoms with Gasteiger partial charge in [-0.05, 0) is 39.0 Å². The normalized spacial score (nSPS) is 15.5. The maximum Gasteiger partial charge on any atom is 0.417 e. The molecule has 0 aromatic heterocycles. The molecule has 1 aromatic carbocycles. The molecule has 1 heterocycles. The van der Waals surface area contributed by atoms with Gasteiger partial charge in [0.1, 0.15) is 11.4 Å². The van der Waals surface area contributed by atoms with E-state index in [2.05, 4.69) is 0 Å². The summed E-state index contributed by atoms with van der Waals surface area (Å²) in [5.74, 6) is 0.0567. The molecule has 1 saturated heterocycles. The number of likely N-dealkylation sites (tertiary alicyclic amines) is 1. The Morgan fingerprint density at radius 2 is 1.92 bits per heavy atom. The number of benzene rings is 1. The molecule has 1 aliphatic heterocycles. The molecular weight excluding hydrogens is 339 g/mol. The molecule has 0 unspecified atom stereocenters. The van der Waals surface area contributed by atoms with E-state index >= 15 is 0 Å². The lowest BCUT2D eigenvalue weighted by molar-refractivity contribution is -0.138. The monoisotopic (exact) mass is 359 g/mol. The molecule has 0 aliphatic carbocycles. The summed E-state index contributed by atoms with van der Waals surface area (Å²) in [5.41, 5.74) is -2.03. The van der Waals surface area contributed by atoms with Crippen LogP contribution in [-0.2, 0) is 10.9 Å². The van der Waals surface area contributed by atoms with Crippen LogP contribution in [-0.4, -0.2) is 42.6 Å². The van der Waals surface area contributed by atoms with E-state index in [9.17, 15) is 22.8 Å². The van der Waals surface area contributed by atoms with E-state index < -0.39 is 29.0 Å². The number of hydrogen-bond acceptors (Lipinski definition) is 4. The van der Waals surface area contributed by atoms with Crippen LogP contribution in [0, 0.1) is 5.92 Å². The van der Waals surface area contributed by atoms with Gasteiger partial charge in [-0.1, -0.05) is 0 Å². The lowest BCUT2D eigenvalue weighted by atomic mass is 10.0. The molecule has 1 amide bonds. The molecule has 138 valence electrons. The summed E-state index contributed by atoms with van der Waals surface area (Å²) in [6.45, 7) is 6.34. The van der Waals surface area contributed by atoms with Crippen molar-refractivity contribution in [2.45, 2.75) is 32.5 Å². The predicted molar refractivity (Wildman–Crippen MR) is 83.6 cm³/mol. The highest BCUT2D eigenvalue weighted by Gasteiger charge is 2.35. The summed E-state index contributed by atoms with van der Waals surface area (Å²) in [5, 5.41) is 0. The minimum Gasteiger partial charge on any atom is -0.493 e. The van der Waals surface area contributed by atoms with Crippen molar-refractivity contribution in [2.75, 3.05) is 19.7 Å². The summed E-state index contributed by atoms with van der Waals surface area (Å²) in [7, 11) is 0. The fraction of sp³-hybridized carbons (Fsp3) is 0.529. The maximum absolute atomic E-state index is 12.9. The molecule has 1 fully saturated rings. The molecular formula is C17H20F3NO4. The molecule has 0 bridgehead atoms. The van der Waals surface area contributed by atoms with Crippen molar-refractivity contribution < 1.29 is 32.2 Å². The van der Waals surface area contributed by atoms with Gasteiger partial charge < -0.3 is 14.4 Å². The van der Waals surface area contributed by atoms with Crippen molar-refractivity contribution in [1.82, 2.24) is 4.90 Å². The van der Waals surface area contributed by atoms with Gasteiger partial charge in [0.15, 0.2) is 6.29 Å². The lowest BCUT2D eigenvalue weighted by Gasteiger charge is -2.39. The molecule has 2 rings (SSSR count). The third-order valence-electron chi connectivity index (χ3n) is 3.55. The molecule has 0 atom stereocenters. The van der Waals surface area contributed by atoms with E-state index in [4.69, 9.17) is 9.47 Å². The lowest BCUT2D eigenvalue weighted by Crippen LogP contribution is -2.53. The first kappa shape index (κ1) is 19.1. The van der Waals surface area contributed by atoms with Crippen LogP contribution in [0.25, 0.3) is 0 Å². The number of carbonyl (C=O) groups is 2. The average Bonchev–Trinajstić information content (AvgIpc) is 2.42. The Balaban J connectivity index is 1.88. The minimum absolute atomic E-state index is 0.0209. The predicted octanol–water partition coefficient (Wildman–Crippen LogP) is 3.76. The van der Waals surface area contributed by atoms with E-state index in [0.717, 1.165) is 12.1 Å². The number of ether oxygens (including phenoxy) is 2. The zero-order valence-electron chi connectivity index (χ0n) is 14.2. The second kappa shape index (κ2) is 6.93. The van der Waals surface area contributed by atoms with Crippen LogP contribution in [0.1, 0.15) is 36.7 Å². The number of halogens is 3. The third-order valence-corrected chi connectivity index (χ3v) is 3.55. The quantitative estimate of drug-likeness (QED) is 0.768. The number of alkyl halides is 3. The topological polar surface area (TPSA) is 55.8 Å². The Morgan fingerprint density at radius 1 is 1.28 bits per heavy atom. The summed E-state index contributed by atoms with van der Waals surface area (Å²) in [4.78, 5) is 24.0. The first-order valence-corrected chi connectivity index (χ1v) is 7.77. The van der Waals surface area contributed by atoms with Gasteiger partial charge in [-0.2, -0.15) is 13.2 Å². The van der Waals surface area contributed by atoms with Gasteiger partial charge in [0.25, 0.3) is 0 Å². The Kier molecular flexibility index (Phi) is 5.29. The second-order valence-corrected chi connectivity index (χ2v) is 6.93. The van der Waals surface area contributed by atoms with E-state index in [1.54, 1.807) is 20.8 Å². The van der Waals surface area contributed by atoms with E-state index in [1.165, 1.54) is 11.0 Å². The molecule has 0 spiro atoms. The van der Waals surface area contributed by atoms with Gasteiger partial charge >= 0.3 is 12.3 Å². The number of nitrogens with zero attached hydrogens (tertiary/aromatic N) is 1. The minimum atomic E-state index is -4.63. The SMILES string of the molecule is CC(C)(C)OC(=O)N1CC(COc2ccc(C=O)c(C(F)(F)F)c2)C1. The van der Waals surface area contributed by atoms with Gasteiger partial charge in [-0.3, -0.25) is 4.79 Å². The Morgan fingerprint density at radius 3 is 2.44 bits per heavy atom. The Bertz CT molecular complexity index is 646. The van der Waals surface area contributed by atoms with E-state index in [1.807, 2.05) is 0 Å². The molecule has 8 heteroatoms. The average molecular weight is 359 g/mol. The third kappa shape index (κ3) is 5.11. The fourth-order valence-corrected chi connectivity index (χ4v) is 2.34. The molecule has 0 radical (unpaired) electrons. The van der Waals surface area contributed by atoms with Crippen LogP contribution in [0.3, 0.4) is 0 Å². The highest BCUT2D eigenvalue weighted by Crippen LogP contribution is 2.34. The Hall–Kier alpha value is -2.25. The van der Waals surface area contributed by atoms with Crippen molar-refractivity contribution in [3.8, 4) is 5.75 Å². The van der Waals surface area contributed by atoms with Crippen LogP contribution >= 0.6 is 0 Å². The first-order valence-electron chi connectivity index (χ1n) is 7.77. The van der Waals surface area contributed by atoms with Crippen LogP contribution in [0.4, 0.5) is 18.0 Å². The van der Waals surface area contributed by atoms with Crippen molar-refractivity contribution >= 4 is 12.4 Å². The maximum atomic E-state index is 12.9. The van der Waals surface area contributed by atoms with Crippen LogP contribution in [0.2, 0.25) is 0 Å². The van der Waals surface area contributed by atoms with Crippen molar-refractivity contribution in [3.05, 3.63) is 29.3 Å². The number of carbonyl (C=O) groups excluding carboxylic acids is 2. The fourth-order valence-electron chi connectivity index (χ4n) is 2.34.